The fourth-order valence-electron chi connectivity index (χ4n) is 9.60. The van der Waals surface area contributed by atoms with Crippen LogP contribution in [0.2, 0.25) is 0 Å². The number of aliphatic hydroxyl groups is 5. The van der Waals surface area contributed by atoms with Crippen molar-refractivity contribution in [3.8, 4) is 34.1 Å². The fourth-order valence-corrected chi connectivity index (χ4v) is 9.60. The van der Waals surface area contributed by atoms with Gasteiger partial charge in [-0.3, -0.25) is 14.4 Å². The Kier molecular flexibility index (Phi) is 14.1. The smallest absolute Gasteiger partial charge is 0.410 e. The number of ether oxygens (including phenoxy) is 6. The quantitative estimate of drug-likeness (QED) is 0.0852. The average Bonchev–Trinajstić information content (AvgIpc) is 3.33. The van der Waals surface area contributed by atoms with Crippen molar-refractivity contribution in [1.82, 2.24) is 10.2 Å². The van der Waals surface area contributed by atoms with Gasteiger partial charge in [0.05, 0.1) is 42.6 Å². The van der Waals surface area contributed by atoms with Crippen LogP contribution < -0.4 is 10.1 Å². The molecule has 0 aromatic heterocycles. The van der Waals surface area contributed by atoms with Gasteiger partial charge in [0.15, 0.2) is 24.1 Å². The maximum atomic E-state index is 14.3. The predicted octanol–water partition coefficient (Wildman–Crippen LogP) is 1.83. The number of aryl methyl sites for hydroxylation is 1. The molecule has 4 aliphatic rings. The van der Waals surface area contributed by atoms with Crippen molar-refractivity contribution >= 4 is 29.5 Å². The lowest BCUT2D eigenvalue weighted by molar-refractivity contribution is -0.344. The summed E-state index contributed by atoms with van der Waals surface area (Å²) in [5, 5.41) is 104. The lowest BCUT2D eigenvalue weighted by Crippen LogP contribution is -2.66. The van der Waals surface area contributed by atoms with Gasteiger partial charge in [-0.25, -0.2) is 9.59 Å². The van der Waals surface area contributed by atoms with Crippen LogP contribution in [0.25, 0.3) is 11.1 Å². The van der Waals surface area contributed by atoms with E-state index in [1.165, 1.54) is 47.1 Å². The minimum absolute atomic E-state index is 0.00607. The molecule has 378 valence electrons. The molecule has 22 heteroatoms. The Hall–Kier alpha value is -6.73. The van der Waals surface area contributed by atoms with Crippen molar-refractivity contribution in [3.05, 3.63) is 105 Å². The largest absolute Gasteiger partial charge is 0.507 e. The van der Waals surface area contributed by atoms with E-state index in [0.717, 1.165) is 17.0 Å². The van der Waals surface area contributed by atoms with Crippen LogP contribution in [0.5, 0.6) is 23.0 Å². The molecule has 4 aromatic rings. The number of amides is 2. The van der Waals surface area contributed by atoms with E-state index in [-0.39, 0.29) is 41.0 Å². The van der Waals surface area contributed by atoms with Crippen molar-refractivity contribution in [2.75, 3.05) is 20.8 Å². The lowest BCUT2D eigenvalue weighted by atomic mass is 9.74. The number of rotatable bonds is 12. The highest BCUT2D eigenvalue weighted by Crippen LogP contribution is 2.57. The van der Waals surface area contributed by atoms with Crippen molar-refractivity contribution in [2.24, 2.45) is 0 Å². The van der Waals surface area contributed by atoms with Gasteiger partial charge in [0, 0.05) is 35.4 Å². The summed E-state index contributed by atoms with van der Waals surface area (Å²) in [6.07, 6.45) is -18.4. The zero-order valence-corrected chi connectivity index (χ0v) is 38.7. The lowest BCUT2D eigenvalue weighted by Gasteiger charge is -2.49. The summed E-state index contributed by atoms with van der Waals surface area (Å²) in [5.41, 5.74) is -3.15. The number of likely N-dealkylation sites (N-methyl/N-ethyl adjacent to an activating group) is 1. The highest BCUT2D eigenvalue weighted by molar-refractivity contribution is 6.31. The molecule has 0 bridgehead atoms. The van der Waals surface area contributed by atoms with Crippen molar-refractivity contribution in [3.63, 3.8) is 0 Å². The third-order valence-corrected chi connectivity index (χ3v) is 13.3. The number of aliphatic hydroxyl groups excluding tert-OH is 5. The van der Waals surface area contributed by atoms with E-state index in [9.17, 15) is 69.9 Å². The number of phenolic OH excluding ortho intramolecular Hbond substituents is 3. The number of phenols is 3. The summed E-state index contributed by atoms with van der Waals surface area (Å²) >= 11 is 0. The maximum Gasteiger partial charge on any atom is 0.410 e. The number of carbonyl (C=O) groups is 5. The molecule has 0 radical (unpaired) electrons. The van der Waals surface area contributed by atoms with Crippen LogP contribution in [-0.4, -0.2) is 162 Å². The first kappa shape index (κ1) is 50.7. The van der Waals surface area contributed by atoms with E-state index in [2.05, 4.69) is 5.32 Å². The van der Waals surface area contributed by atoms with E-state index < -0.39 is 160 Å². The summed E-state index contributed by atoms with van der Waals surface area (Å²) in [7, 11) is 2.58. The first-order chi connectivity index (χ1) is 33.7. The second-order valence-electron chi connectivity index (χ2n) is 17.7. The zero-order chi connectivity index (χ0) is 51.5. The molecule has 0 unspecified atom stereocenters. The van der Waals surface area contributed by atoms with Crippen LogP contribution in [0.1, 0.15) is 96.9 Å². The van der Waals surface area contributed by atoms with Gasteiger partial charge < -0.3 is 84.6 Å². The molecule has 71 heavy (non-hydrogen) atoms. The van der Waals surface area contributed by atoms with Crippen molar-refractivity contribution < 1.29 is 98.4 Å². The van der Waals surface area contributed by atoms with Gasteiger partial charge >= 0.3 is 12.1 Å². The summed E-state index contributed by atoms with van der Waals surface area (Å²) in [6, 6.07) is 10.6. The first-order valence-corrected chi connectivity index (χ1v) is 22.4. The van der Waals surface area contributed by atoms with Crippen LogP contribution >= 0.6 is 0 Å². The highest BCUT2D eigenvalue weighted by atomic mass is 16.7. The summed E-state index contributed by atoms with van der Waals surface area (Å²) in [6.45, 7) is 3.68. The molecule has 2 fully saturated rings. The number of ketones is 2. The van der Waals surface area contributed by atoms with Crippen LogP contribution in [0.15, 0.2) is 54.6 Å². The van der Waals surface area contributed by atoms with Gasteiger partial charge in [-0.15, -0.1) is 0 Å². The third-order valence-electron chi connectivity index (χ3n) is 13.3. The predicted molar refractivity (Wildman–Crippen MR) is 241 cm³/mol. The molecular formula is C49H52N2O20. The normalized spacial score (nSPS) is 27.0. The van der Waals surface area contributed by atoms with Gasteiger partial charge in [0.1, 0.15) is 78.4 Å². The monoisotopic (exact) mass is 988 g/mol. The minimum atomic E-state index is -2.01. The van der Waals surface area contributed by atoms with Crippen molar-refractivity contribution in [2.45, 2.75) is 107 Å². The number of carbonyl (C=O) groups excluding carboxylic acids is 4. The average molecular weight is 989 g/mol. The second-order valence-corrected chi connectivity index (χ2v) is 17.7. The number of carboxylic acids is 1. The van der Waals surface area contributed by atoms with Crippen LogP contribution in [0, 0.1) is 6.92 Å². The van der Waals surface area contributed by atoms with Gasteiger partial charge in [-0.2, -0.15) is 0 Å². The molecule has 0 saturated carbocycles. The molecule has 2 aliphatic heterocycles. The summed E-state index contributed by atoms with van der Waals surface area (Å²) < 4.78 is 35.1. The van der Waals surface area contributed by atoms with Crippen LogP contribution in [-0.2, 0) is 35.1 Å². The fraction of sp³-hybridized carbons (Fsp3) is 0.408. The molecule has 10 N–H and O–H groups in total. The van der Waals surface area contributed by atoms with E-state index in [1.54, 1.807) is 30.3 Å². The molecule has 2 saturated heterocycles. The number of aromatic hydroxyl groups is 3. The van der Waals surface area contributed by atoms with E-state index in [0.29, 0.717) is 5.56 Å². The number of carboxylic acid groups (broad SMARTS) is 1. The Morgan fingerprint density at radius 1 is 0.831 bits per heavy atom. The topological polar surface area (TPSA) is 338 Å². The molecular weight excluding hydrogens is 937 g/mol. The molecule has 22 nitrogen and oxygen atoms in total. The van der Waals surface area contributed by atoms with Gasteiger partial charge in [-0.05, 0) is 54.7 Å². The van der Waals surface area contributed by atoms with Gasteiger partial charge in [-0.1, -0.05) is 43.3 Å². The standard InChI is InChI=1S/C49H52N2O20/c1-6-26(46(63)64)50-45(62)29-18(2)12-25-32(39(29)58)31-23(15-24-33(40(31)59)36(55)22-13-21(66-5)14-27(52)30(22)35(24)54)37(56)43(25)70-48-42(61)44(71-47-41(60)38(57)28(53)17-67-47)34(19(3)69-48)51(4)49(65)68-16-20-10-8-7-9-11-20/h7-15,19,26,28,34,37-38,41-44,47-48,52-53,56-61H,6,16-17H2,1-5H3,(H,50,62)(H,63,64)/t19-,26-,28-,34+,37+,38+,41-,42-,43+,44+,47+,48+/m1/s1. The third kappa shape index (κ3) is 8.91. The van der Waals surface area contributed by atoms with Crippen LogP contribution in [0.3, 0.4) is 0 Å². The number of aliphatic carboxylic acids is 1. The van der Waals surface area contributed by atoms with E-state index in [4.69, 9.17) is 28.4 Å². The maximum absolute atomic E-state index is 14.3. The molecule has 2 aliphatic carbocycles. The SMILES string of the molecule is CC[C@@H](NC(=O)c1c(C)cc2c(c1O)-c1c(cc3c(c1O)C(=O)c1cc(OC)cc(O)c1C3=O)[C@H](O)[C@H]2O[C@@H]1O[C@H](C)[C@H](N(C)C(=O)OCc2ccccc2)[C@H](O[C@@H]2OC[C@@H](O)[C@H](O)[C@H]2O)[C@H]1O)C(=O)O. The van der Waals surface area contributed by atoms with Crippen molar-refractivity contribution in [1.29, 1.82) is 0 Å². The van der Waals surface area contributed by atoms with Gasteiger partial charge in [0.2, 0.25) is 0 Å². The number of fused-ring (bicyclic) bond motifs is 5. The number of hydrogen-bond donors (Lipinski definition) is 10. The Balaban J connectivity index is 1.23. The first-order valence-electron chi connectivity index (χ1n) is 22.4. The Morgan fingerprint density at radius 2 is 1.49 bits per heavy atom. The number of nitrogens with one attached hydrogen (secondary N) is 1. The molecule has 4 aromatic carbocycles. The van der Waals surface area contributed by atoms with E-state index >= 15 is 0 Å². The Bertz CT molecular complexity index is 2780. The number of benzene rings is 4. The zero-order valence-electron chi connectivity index (χ0n) is 38.7. The Morgan fingerprint density at radius 3 is 2.15 bits per heavy atom. The highest BCUT2D eigenvalue weighted by Gasteiger charge is 2.53. The summed E-state index contributed by atoms with van der Waals surface area (Å²) in [5.74, 6) is -6.84. The molecule has 12 atom stereocenters. The van der Waals surface area contributed by atoms with Gasteiger partial charge in [0.25, 0.3) is 5.91 Å². The number of nitrogens with zero attached hydrogens (tertiary/aromatic N) is 1. The van der Waals surface area contributed by atoms with E-state index in [1.807, 2.05) is 0 Å². The molecule has 0 spiro atoms. The molecule has 2 heterocycles. The number of hydrogen-bond acceptors (Lipinski definition) is 19. The minimum Gasteiger partial charge on any atom is -0.507 e. The Labute approximate surface area is 404 Å². The summed E-state index contributed by atoms with van der Waals surface area (Å²) in [4.78, 5) is 69.0. The number of methoxy groups -OCH3 is 1. The van der Waals surface area contributed by atoms with Crippen LogP contribution in [0.4, 0.5) is 4.79 Å². The molecule has 8 rings (SSSR count). The molecule has 2 amide bonds. The second kappa shape index (κ2) is 19.8.